The second-order valence-electron chi connectivity index (χ2n) is 7.42. The number of sulfonamides is 1. The van der Waals surface area contributed by atoms with E-state index in [0.29, 0.717) is 16.6 Å². The van der Waals surface area contributed by atoms with Crippen molar-refractivity contribution in [2.45, 2.75) is 31.5 Å². The van der Waals surface area contributed by atoms with Crippen molar-refractivity contribution in [2.75, 3.05) is 19.0 Å². The van der Waals surface area contributed by atoms with Crippen molar-refractivity contribution in [1.29, 1.82) is 0 Å². The summed E-state index contributed by atoms with van der Waals surface area (Å²) in [6, 6.07) is 10.7. The summed E-state index contributed by atoms with van der Waals surface area (Å²) < 4.78 is 72.0. The summed E-state index contributed by atoms with van der Waals surface area (Å²) in [5.74, 6) is 5.05. The number of carbonyl (C=O) groups excluding carboxylic acids is 1. The third kappa shape index (κ3) is 5.82. The number of nitrogens with one attached hydrogen (secondary N) is 2. The first-order valence-electron chi connectivity index (χ1n) is 10.0. The zero-order chi connectivity index (χ0) is 25.1. The summed E-state index contributed by atoms with van der Waals surface area (Å²) >= 11 is 0. The number of benzene rings is 2. The maximum absolute atomic E-state index is 13.1. The summed E-state index contributed by atoms with van der Waals surface area (Å²) in [7, 11) is -2.69. The Morgan fingerprint density at radius 2 is 1.91 bits per heavy atom. The molecule has 0 saturated heterocycles. The molecular formula is C23H22F3N3O4S. The molecule has 0 fully saturated rings. The topological polar surface area (TPSA) is 89.4 Å². The van der Waals surface area contributed by atoms with E-state index in [2.05, 4.69) is 17.2 Å². The van der Waals surface area contributed by atoms with Crippen LogP contribution in [-0.2, 0) is 21.4 Å². The molecule has 0 unspecified atom stereocenters. The normalized spacial score (nSPS) is 11.6. The van der Waals surface area contributed by atoms with Gasteiger partial charge in [0.15, 0.2) is 0 Å². The van der Waals surface area contributed by atoms with Crippen LogP contribution in [0.15, 0.2) is 47.4 Å². The molecule has 180 valence electrons. The molecule has 0 atom stereocenters. The van der Waals surface area contributed by atoms with Crippen molar-refractivity contribution in [3.63, 3.8) is 0 Å². The lowest BCUT2D eigenvalue weighted by Gasteiger charge is -2.12. The van der Waals surface area contributed by atoms with Gasteiger partial charge in [0.2, 0.25) is 5.91 Å². The van der Waals surface area contributed by atoms with Gasteiger partial charge < -0.3 is 14.6 Å². The molecule has 34 heavy (non-hydrogen) atoms. The Kier molecular flexibility index (Phi) is 7.12. The van der Waals surface area contributed by atoms with E-state index < -0.39 is 28.7 Å². The first-order chi connectivity index (χ1) is 15.9. The molecular weight excluding hydrogens is 471 g/mol. The number of hydrogen-bond donors (Lipinski definition) is 2. The van der Waals surface area contributed by atoms with Crippen LogP contribution in [0.5, 0.6) is 5.75 Å². The third-order valence-electron chi connectivity index (χ3n) is 4.85. The zero-order valence-electron chi connectivity index (χ0n) is 18.6. The summed E-state index contributed by atoms with van der Waals surface area (Å²) in [6.07, 6.45) is -4.41. The van der Waals surface area contributed by atoms with Gasteiger partial charge in [-0.05, 0) is 42.7 Å². The summed E-state index contributed by atoms with van der Waals surface area (Å²) in [5, 5.41) is 3.65. The lowest BCUT2D eigenvalue weighted by atomic mass is 10.1. The SMILES string of the molecule is COc1cc(S(=O)(=O)NC(C)=O)ccc1NCC#Cc1cc2c(C)cccc2n1CC(F)(F)F. The number of aryl methyl sites for hydroxylation is 1. The first-order valence-corrected chi connectivity index (χ1v) is 11.5. The van der Waals surface area contributed by atoms with Gasteiger partial charge in [0.1, 0.15) is 12.3 Å². The molecule has 0 radical (unpaired) electrons. The van der Waals surface area contributed by atoms with Gasteiger partial charge in [-0.25, -0.2) is 13.1 Å². The van der Waals surface area contributed by atoms with Crippen LogP contribution in [0.4, 0.5) is 18.9 Å². The van der Waals surface area contributed by atoms with E-state index >= 15 is 0 Å². The highest BCUT2D eigenvalue weighted by Gasteiger charge is 2.29. The minimum Gasteiger partial charge on any atom is -0.495 e. The molecule has 0 aliphatic rings. The number of halogens is 3. The van der Waals surface area contributed by atoms with Crippen LogP contribution in [0, 0.1) is 18.8 Å². The predicted molar refractivity (Wildman–Crippen MR) is 122 cm³/mol. The fourth-order valence-electron chi connectivity index (χ4n) is 3.39. The lowest BCUT2D eigenvalue weighted by Crippen LogP contribution is -2.28. The number of alkyl halides is 3. The van der Waals surface area contributed by atoms with Crippen molar-refractivity contribution in [3.8, 4) is 17.6 Å². The number of amides is 1. The summed E-state index contributed by atoms with van der Waals surface area (Å²) in [4.78, 5) is 10.9. The van der Waals surface area contributed by atoms with Gasteiger partial charge in [0.05, 0.1) is 29.9 Å². The number of hydrogen-bond acceptors (Lipinski definition) is 5. The van der Waals surface area contributed by atoms with Gasteiger partial charge in [-0.3, -0.25) is 4.79 Å². The van der Waals surface area contributed by atoms with Crippen LogP contribution < -0.4 is 14.8 Å². The molecule has 0 spiro atoms. The molecule has 3 rings (SSSR count). The maximum Gasteiger partial charge on any atom is 0.406 e. The van der Waals surface area contributed by atoms with Crippen molar-refractivity contribution < 1.29 is 31.1 Å². The summed E-state index contributed by atoms with van der Waals surface area (Å²) in [6.45, 7) is 1.80. The van der Waals surface area contributed by atoms with E-state index in [9.17, 15) is 26.4 Å². The number of carbonyl (C=O) groups is 1. The van der Waals surface area contributed by atoms with Crippen molar-refractivity contribution in [3.05, 3.63) is 53.7 Å². The van der Waals surface area contributed by atoms with Crippen LogP contribution in [-0.4, -0.2) is 38.7 Å². The van der Waals surface area contributed by atoms with Gasteiger partial charge >= 0.3 is 6.18 Å². The Labute approximate surface area is 195 Å². The van der Waals surface area contributed by atoms with Crippen LogP contribution in [0.25, 0.3) is 10.9 Å². The van der Waals surface area contributed by atoms with Gasteiger partial charge in [-0.15, -0.1) is 0 Å². The minimum absolute atomic E-state index is 0.0562. The molecule has 1 heterocycles. The molecule has 2 N–H and O–H groups in total. The second kappa shape index (κ2) is 9.69. The first kappa shape index (κ1) is 25.0. The monoisotopic (exact) mass is 493 g/mol. The van der Waals surface area contributed by atoms with E-state index in [1.165, 1.54) is 25.3 Å². The van der Waals surface area contributed by atoms with Gasteiger partial charge in [-0.2, -0.15) is 13.2 Å². The molecule has 0 aliphatic heterocycles. The largest absolute Gasteiger partial charge is 0.495 e. The predicted octanol–water partition coefficient (Wildman–Crippen LogP) is 3.81. The van der Waals surface area contributed by atoms with Crippen LogP contribution >= 0.6 is 0 Å². The second-order valence-corrected chi connectivity index (χ2v) is 9.10. The Hall–Kier alpha value is -3.65. The van der Waals surface area contributed by atoms with E-state index in [1.807, 2.05) is 17.7 Å². The molecule has 1 aromatic heterocycles. The fraction of sp³-hybridized carbons (Fsp3) is 0.261. The van der Waals surface area contributed by atoms with Crippen LogP contribution in [0.3, 0.4) is 0 Å². The minimum atomic E-state index is -4.41. The maximum atomic E-state index is 13.1. The van der Waals surface area contributed by atoms with Gasteiger partial charge in [-0.1, -0.05) is 18.1 Å². The van der Waals surface area contributed by atoms with Gasteiger partial charge in [0.25, 0.3) is 10.0 Å². The highest BCUT2D eigenvalue weighted by Crippen LogP contribution is 2.28. The standard InChI is InChI=1S/C23H22F3N3O4S/c1-15-6-4-8-21-19(15)12-17(29(21)14-23(24,25)26)7-5-11-27-20-10-9-18(13-22(20)33-3)34(31,32)28-16(2)30/h4,6,8-10,12-13,27H,11,14H2,1-3H3,(H,28,30). The molecule has 0 aliphatic carbocycles. The van der Waals surface area contributed by atoms with E-state index in [4.69, 9.17) is 4.74 Å². The van der Waals surface area contributed by atoms with E-state index in [0.717, 1.165) is 17.1 Å². The number of anilines is 1. The van der Waals surface area contributed by atoms with Crippen molar-refractivity contribution in [2.24, 2.45) is 0 Å². The molecule has 1 amide bonds. The average Bonchev–Trinajstić information content (AvgIpc) is 3.07. The third-order valence-corrected chi connectivity index (χ3v) is 6.28. The Balaban J connectivity index is 1.84. The lowest BCUT2D eigenvalue weighted by molar-refractivity contribution is -0.140. The Morgan fingerprint density at radius 1 is 1.18 bits per heavy atom. The van der Waals surface area contributed by atoms with Crippen molar-refractivity contribution in [1.82, 2.24) is 9.29 Å². The van der Waals surface area contributed by atoms with Gasteiger partial charge in [0, 0.05) is 23.9 Å². The molecule has 0 bridgehead atoms. The number of fused-ring (bicyclic) bond motifs is 1. The zero-order valence-corrected chi connectivity index (χ0v) is 19.4. The highest BCUT2D eigenvalue weighted by molar-refractivity contribution is 7.90. The molecule has 7 nitrogen and oxygen atoms in total. The highest BCUT2D eigenvalue weighted by atomic mass is 32.2. The summed E-state index contributed by atoms with van der Waals surface area (Å²) in [5.41, 5.74) is 1.95. The molecule has 0 saturated carbocycles. The number of aromatic nitrogens is 1. The number of rotatable bonds is 6. The molecule has 3 aromatic rings. The number of methoxy groups -OCH3 is 1. The molecule has 2 aromatic carbocycles. The average molecular weight is 494 g/mol. The van der Waals surface area contributed by atoms with E-state index in [1.54, 1.807) is 18.2 Å². The quantitative estimate of drug-likeness (QED) is 0.510. The molecule has 11 heteroatoms. The Morgan fingerprint density at radius 3 is 2.56 bits per heavy atom. The number of ether oxygens (including phenoxy) is 1. The van der Waals surface area contributed by atoms with E-state index in [-0.39, 0.29) is 22.9 Å². The number of nitrogens with zero attached hydrogens (tertiary/aromatic N) is 1. The smallest absolute Gasteiger partial charge is 0.406 e. The fourth-order valence-corrected chi connectivity index (χ4v) is 4.40. The van der Waals surface area contributed by atoms with Crippen LogP contribution in [0.2, 0.25) is 0 Å². The van der Waals surface area contributed by atoms with Crippen molar-refractivity contribution >= 4 is 32.5 Å². The van der Waals surface area contributed by atoms with Crippen LogP contribution in [0.1, 0.15) is 18.2 Å². The Bertz CT molecular complexity index is 1400.